The van der Waals surface area contributed by atoms with Crippen LogP contribution in [0.1, 0.15) is 0 Å². The molecule has 0 spiro atoms. The number of hydrogen-bond donors (Lipinski definition) is 1. The Labute approximate surface area is 102 Å². The molecule has 0 fully saturated rings. The van der Waals surface area contributed by atoms with Crippen molar-refractivity contribution in [1.82, 2.24) is 10.2 Å². The molecule has 2 heterocycles. The third-order valence-electron chi connectivity index (χ3n) is 2.76. The molecular formula is C13H10N2O3. The Hall–Kier alpha value is -2.56. The van der Waals surface area contributed by atoms with Gasteiger partial charge in [0.2, 0.25) is 5.43 Å². The largest absolute Gasteiger partial charge is 0.497 e. The van der Waals surface area contributed by atoms with E-state index < -0.39 is 0 Å². The van der Waals surface area contributed by atoms with Crippen LogP contribution < -0.4 is 10.2 Å². The first kappa shape index (κ1) is 10.6. The Balaban J connectivity index is 2.27. The maximum atomic E-state index is 12.3. The number of methoxy groups -OCH3 is 1. The van der Waals surface area contributed by atoms with E-state index in [-0.39, 0.29) is 5.43 Å². The topological polar surface area (TPSA) is 68.1 Å². The van der Waals surface area contributed by atoms with Gasteiger partial charge in [-0.15, -0.1) is 0 Å². The number of rotatable bonds is 2. The van der Waals surface area contributed by atoms with Gasteiger partial charge in [-0.2, -0.15) is 5.10 Å². The molecule has 0 saturated heterocycles. The minimum atomic E-state index is -0.106. The SMILES string of the molecule is COc1ccc2c(=O)c(-c3cc[nH]n3)coc2c1. The van der Waals surface area contributed by atoms with Crippen molar-refractivity contribution in [2.45, 2.75) is 0 Å². The lowest BCUT2D eigenvalue weighted by atomic mass is 10.1. The van der Waals surface area contributed by atoms with E-state index in [9.17, 15) is 4.79 Å². The van der Waals surface area contributed by atoms with Gasteiger partial charge in [0.05, 0.1) is 23.8 Å². The molecular weight excluding hydrogens is 232 g/mol. The van der Waals surface area contributed by atoms with Crippen molar-refractivity contribution in [2.75, 3.05) is 7.11 Å². The molecule has 0 unspecified atom stereocenters. The number of hydrogen-bond acceptors (Lipinski definition) is 4. The number of H-pyrrole nitrogens is 1. The monoisotopic (exact) mass is 242 g/mol. The summed E-state index contributed by atoms with van der Waals surface area (Å²) in [5, 5.41) is 7.16. The highest BCUT2D eigenvalue weighted by molar-refractivity contribution is 5.81. The van der Waals surface area contributed by atoms with Crippen LogP contribution in [0.25, 0.3) is 22.2 Å². The van der Waals surface area contributed by atoms with E-state index in [1.807, 2.05) is 0 Å². The van der Waals surface area contributed by atoms with Crippen LogP contribution in [0.2, 0.25) is 0 Å². The van der Waals surface area contributed by atoms with Crippen LogP contribution in [0.15, 0.2) is 45.9 Å². The molecule has 0 aliphatic carbocycles. The fraction of sp³-hybridized carbons (Fsp3) is 0.0769. The summed E-state index contributed by atoms with van der Waals surface area (Å²) in [6, 6.07) is 6.83. The first-order valence-electron chi connectivity index (χ1n) is 5.39. The fourth-order valence-corrected chi connectivity index (χ4v) is 1.82. The lowest BCUT2D eigenvalue weighted by Crippen LogP contribution is -2.05. The van der Waals surface area contributed by atoms with Crippen LogP contribution in [0.4, 0.5) is 0 Å². The molecule has 2 aromatic heterocycles. The molecule has 3 rings (SSSR count). The number of aromatic amines is 1. The number of ether oxygens (including phenoxy) is 1. The molecule has 3 aromatic rings. The summed E-state index contributed by atoms with van der Waals surface area (Å²) in [4.78, 5) is 12.3. The van der Waals surface area contributed by atoms with Crippen molar-refractivity contribution in [3.8, 4) is 17.0 Å². The Morgan fingerprint density at radius 3 is 2.94 bits per heavy atom. The molecule has 0 aliphatic heterocycles. The van der Waals surface area contributed by atoms with E-state index in [0.717, 1.165) is 0 Å². The zero-order chi connectivity index (χ0) is 12.5. The highest BCUT2D eigenvalue weighted by atomic mass is 16.5. The standard InChI is InChI=1S/C13H10N2O3/c1-17-8-2-3-9-12(6-8)18-7-10(13(9)16)11-4-5-14-15-11/h2-7H,1H3,(H,14,15). The predicted octanol–water partition coefficient (Wildman–Crippen LogP) is 2.19. The normalized spacial score (nSPS) is 10.7. The van der Waals surface area contributed by atoms with Crippen molar-refractivity contribution in [1.29, 1.82) is 0 Å². The number of fused-ring (bicyclic) bond motifs is 1. The zero-order valence-corrected chi connectivity index (χ0v) is 9.64. The Kier molecular flexibility index (Phi) is 2.37. The van der Waals surface area contributed by atoms with Crippen molar-refractivity contribution in [3.63, 3.8) is 0 Å². The van der Waals surface area contributed by atoms with Crippen LogP contribution in [0.5, 0.6) is 5.75 Å². The first-order valence-corrected chi connectivity index (χ1v) is 5.39. The van der Waals surface area contributed by atoms with Gasteiger partial charge in [-0.3, -0.25) is 9.89 Å². The third-order valence-corrected chi connectivity index (χ3v) is 2.76. The summed E-state index contributed by atoms with van der Waals surface area (Å²) in [6.07, 6.45) is 3.08. The van der Waals surface area contributed by atoms with Crippen LogP contribution >= 0.6 is 0 Å². The molecule has 5 heteroatoms. The first-order chi connectivity index (χ1) is 8.79. The molecule has 90 valence electrons. The van der Waals surface area contributed by atoms with Crippen molar-refractivity contribution < 1.29 is 9.15 Å². The van der Waals surface area contributed by atoms with Gasteiger partial charge in [0.1, 0.15) is 17.6 Å². The van der Waals surface area contributed by atoms with E-state index in [0.29, 0.717) is 28.0 Å². The maximum absolute atomic E-state index is 12.3. The summed E-state index contributed by atoms with van der Waals surface area (Å²) in [7, 11) is 1.57. The van der Waals surface area contributed by atoms with Gasteiger partial charge in [-0.1, -0.05) is 0 Å². The van der Waals surface area contributed by atoms with Crippen LogP contribution in [0, 0.1) is 0 Å². The summed E-state index contributed by atoms with van der Waals surface area (Å²) < 4.78 is 10.5. The molecule has 0 amide bonds. The Morgan fingerprint density at radius 1 is 1.33 bits per heavy atom. The Bertz CT molecular complexity index is 745. The minimum absolute atomic E-state index is 0.106. The highest BCUT2D eigenvalue weighted by Gasteiger charge is 2.10. The van der Waals surface area contributed by atoms with Crippen molar-refractivity contribution in [3.05, 3.63) is 46.9 Å². The molecule has 1 N–H and O–H groups in total. The van der Waals surface area contributed by atoms with Crippen LogP contribution in [-0.2, 0) is 0 Å². The molecule has 0 saturated carbocycles. The lowest BCUT2D eigenvalue weighted by molar-refractivity contribution is 0.414. The van der Waals surface area contributed by atoms with Crippen LogP contribution in [-0.4, -0.2) is 17.3 Å². The van der Waals surface area contributed by atoms with Gasteiger partial charge in [0.15, 0.2) is 0 Å². The summed E-state index contributed by atoms with van der Waals surface area (Å²) in [6.45, 7) is 0. The van der Waals surface area contributed by atoms with E-state index in [1.54, 1.807) is 37.6 Å². The van der Waals surface area contributed by atoms with Gasteiger partial charge in [-0.25, -0.2) is 0 Å². The third kappa shape index (κ3) is 1.57. The smallest absolute Gasteiger partial charge is 0.202 e. The minimum Gasteiger partial charge on any atom is -0.497 e. The average Bonchev–Trinajstić information content (AvgIpc) is 2.92. The van der Waals surface area contributed by atoms with Gasteiger partial charge < -0.3 is 9.15 Å². The maximum Gasteiger partial charge on any atom is 0.202 e. The lowest BCUT2D eigenvalue weighted by Gasteiger charge is -2.02. The van der Waals surface area contributed by atoms with Crippen LogP contribution in [0.3, 0.4) is 0 Å². The van der Waals surface area contributed by atoms with E-state index in [2.05, 4.69) is 10.2 Å². The van der Waals surface area contributed by atoms with Crippen molar-refractivity contribution >= 4 is 11.0 Å². The predicted molar refractivity (Wildman–Crippen MR) is 66.6 cm³/mol. The molecule has 0 radical (unpaired) electrons. The molecule has 0 atom stereocenters. The highest BCUT2D eigenvalue weighted by Crippen LogP contribution is 2.21. The fourth-order valence-electron chi connectivity index (χ4n) is 1.82. The Morgan fingerprint density at radius 2 is 2.22 bits per heavy atom. The van der Waals surface area contributed by atoms with E-state index >= 15 is 0 Å². The molecule has 5 nitrogen and oxygen atoms in total. The number of aromatic nitrogens is 2. The second-order valence-electron chi connectivity index (χ2n) is 3.80. The molecule has 0 aliphatic rings. The van der Waals surface area contributed by atoms with Crippen molar-refractivity contribution in [2.24, 2.45) is 0 Å². The van der Waals surface area contributed by atoms with E-state index in [4.69, 9.17) is 9.15 Å². The number of nitrogens with one attached hydrogen (secondary N) is 1. The molecule has 18 heavy (non-hydrogen) atoms. The summed E-state index contributed by atoms with van der Waals surface area (Å²) in [5.74, 6) is 0.651. The molecule has 1 aromatic carbocycles. The summed E-state index contributed by atoms with van der Waals surface area (Å²) >= 11 is 0. The zero-order valence-electron chi connectivity index (χ0n) is 9.64. The average molecular weight is 242 g/mol. The van der Waals surface area contributed by atoms with Gasteiger partial charge in [0.25, 0.3) is 0 Å². The van der Waals surface area contributed by atoms with Gasteiger partial charge in [-0.05, 0) is 18.2 Å². The number of benzene rings is 1. The van der Waals surface area contributed by atoms with Gasteiger partial charge in [0, 0.05) is 12.3 Å². The van der Waals surface area contributed by atoms with E-state index in [1.165, 1.54) is 6.26 Å². The molecule has 0 bridgehead atoms. The summed E-state index contributed by atoms with van der Waals surface area (Å²) in [5.41, 5.74) is 1.40. The second-order valence-corrected chi connectivity index (χ2v) is 3.80. The number of nitrogens with zero attached hydrogens (tertiary/aromatic N) is 1. The second kappa shape index (κ2) is 4.03. The van der Waals surface area contributed by atoms with Gasteiger partial charge >= 0.3 is 0 Å². The quantitative estimate of drug-likeness (QED) is 0.747.